The van der Waals surface area contributed by atoms with Gasteiger partial charge in [-0.1, -0.05) is 13.0 Å². The maximum Gasteiger partial charge on any atom is 0.328 e. The highest BCUT2D eigenvalue weighted by atomic mass is 16.5. The van der Waals surface area contributed by atoms with Gasteiger partial charge in [-0.3, -0.25) is 14.6 Å². The number of hydrogen-bond acceptors (Lipinski definition) is 5. The SMILES string of the molecule is CCC(=O)CC[C@H](NC(=O)c1ccccn1)C(=O)OC. The smallest absolute Gasteiger partial charge is 0.328 e. The van der Waals surface area contributed by atoms with Crippen molar-refractivity contribution >= 4 is 17.7 Å². The molecule has 0 aliphatic rings. The summed E-state index contributed by atoms with van der Waals surface area (Å²) in [4.78, 5) is 38.7. The highest BCUT2D eigenvalue weighted by molar-refractivity contribution is 5.95. The van der Waals surface area contributed by atoms with Crippen LogP contribution in [0.25, 0.3) is 0 Å². The van der Waals surface area contributed by atoms with Crippen LogP contribution >= 0.6 is 0 Å². The zero-order valence-corrected chi connectivity index (χ0v) is 11.6. The monoisotopic (exact) mass is 278 g/mol. The lowest BCUT2D eigenvalue weighted by Gasteiger charge is -2.15. The summed E-state index contributed by atoms with van der Waals surface area (Å²) in [5.74, 6) is -1.01. The molecule has 0 spiro atoms. The normalized spacial score (nSPS) is 11.5. The molecule has 1 amide bonds. The summed E-state index contributed by atoms with van der Waals surface area (Å²) in [6.07, 6.45) is 2.33. The zero-order valence-electron chi connectivity index (χ0n) is 11.6. The van der Waals surface area contributed by atoms with Gasteiger partial charge < -0.3 is 10.1 Å². The van der Waals surface area contributed by atoms with E-state index < -0.39 is 17.9 Å². The summed E-state index contributed by atoms with van der Waals surface area (Å²) in [7, 11) is 1.24. The minimum atomic E-state index is -0.843. The molecule has 1 rings (SSSR count). The third kappa shape index (κ3) is 4.79. The lowest BCUT2D eigenvalue weighted by Crippen LogP contribution is -2.42. The Labute approximate surface area is 117 Å². The lowest BCUT2D eigenvalue weighted by molar-refractivity contribution is -0.143. The van der Waals surface area contributed by atoms with E-state index in [0.29, 0.717) is 6.42 Å². The molecular weight excluding hydrogens is 260 g/mol. The molecule has 0 aromatic carbocycles. The van der Waals surface area contributed by atoms with Crippen LogP contribution in [0.15, 0.2) is 24.4 Å². The molecule has 1 atom stereocenters. The van der Waals surface area contributed by atoms with Crippen LogP contribution < -0.4 is 5.32 Å². The lowest BCUT2D eigenvalue weighted by atomic mass is 10.1. The van der Waals surface area contributed by atoms with Gasteiger partial charge in [0.1, 0.15) is 17.5 Å². The molecule has 0 saturated heterocycles. The Balaban J connectivity index is 2.67. The first kappa shape index (κ1) is 15.8. The Kier molecular flexibility index (Phi) is 6.36. The quantitative estimate of drug-likeness (QED) is 0.755. The number of methoxy groups -OCH3 is 1. The molecule has 1 heterocycles. The molecule has 1 N–H and O–H groups in total. The van der Waals surface area contributed by atoms with E-state index in [9.17, 15) is 14.4 Å². The Bertz CT molecular complexity index is 473. The predicted octanol–water partition coefficient (Wildman–Crippen LogP) is 1.11. The molecule has 0 fully saturated rings. The van der Waals surface area contributed by atoms with Crippen molar-refractivity contribution in [1.29, 1.82) is 0 Å². The van der Waals surface area contributed by atoms with E-state index in [2.05, 4.69) is 15.0 Å². The van der Waals surface area contributed by atoms with Crippen LogP contribution in [0.5, 0.6) is 0 Å². The fraction of sp³-hybridized carbons (Fsp3) is 0.429. The maximum absolute atomic E-state index is 11.9. The molecule has 0 bridgehead atoms. The summed E-state index contributed by atoms with van der Waals surface area (Å²) in [6, 6.07) is 4.07. The molecule has 1 aromatic heterocycles. The van der Waals surface area contributed by atoms with Gasteiger partial charge in [0.2, 0.25) is 0 Å². The van der Waals surface area contributed by atoms with E-state index in [1.54, 1.807) is 25.1 Å². The van der Waals surface area contributed by atoms with Crippen LogP contribution in [0.3, 0.4) is 0 Å². The Morgan fingerprint density at radius 1 is 1.35 bits per heavy atom. The van der Waals surface area contributed by atoms with Crippen LogP contribution in [-0.2, 0) is 14.3 Å². The van der Waals surface area contributed by atoms with Crippen LogP contribution in [-0.4, -0.2) is 35.8 Å². The molecule has 108 valence electrons. The molecule has 20 heavy (non-hydrogen) atoms. The minimum Gasteiger partial charge on any atom is -0.467 e. The van der Waals surface area contributed by atoms with Gasteiger partial charge in [-0.2, -0.15) is 0 Å². The number of carbonyl (C=O) groups is 3. The molecule has 0 aliphatic carbocycles. The van der Waals surface area contributed by atoms with Crippen molar-refractivity contribution in [1.82, 2.24) is 10.3 Å². The number of nitrogens with zero attached hydrogens (tertiary/aromatic N) is 1. The Hall–Kier alpha value is -2.24. The molecule has 0 radical (unpaired) electrons. The molecule has 6 nitrogen and oxygen atoms in total. The van der Waals surface area contributed by atoms with Gasteiger partial charge in [-0.05, 0) is 18.6 Å². The van der Waals surface area contributed by atoms with Crippen molar-refractivity contribution in [3.8, 4) is 0 Å². The van der Waals surface area contributed by atoms with Gasteiger partial charge in [0.25, 0.3) is 5.91 Å². The van der Waals surface area contributed by atoms with Crippen molar-refractivity contribution in [2.45, 2.75) is 32.2 Å². The highest BCUT2D eigenvalue weighted by Gasteiger charge is 2.23. The van der Waals surface area contributed by atoms with Crippen LogP contribution in [0.2, 0.25) is 0 Å². The summed E-state index contributed by atoms with van der Waals surface area (Å²) >= 11 is 0. The van der Waals surface area contributed by atoms with Crippen LogP contribution in [0.4, 0.5) is 0 Å². The van der Waals surface area contributed by atoms with Gasteiger partial charge in [0, 0.05) is 19.0 Å². The van der Waals surface area contributed by atoms with E-state index in [-0.39, 0.29) is 24.3 Å². The average molecular weight is 278 g/mol. The summed E-state index contributed by atoms with van der Waals surface area (Å²) in [5, 5.41) is 2.54. The van der Waals surface area contributed by atoms with E-state index >= 15 is 0 Å². The summed E-state index contributed by atoms with van der Waals surface area (Å²) in [5.41, 5.74) is 0.211. The van der Waals surface area contributed by atoms with Gasteiger partial charge >= 0.3 is 5.97 Å². The number of aromatic nitrogens is 1. The molecule has 6 heteroatoms. The molecule has 0 saturated carbocycles. The highest BCUT2D eigenvalue weighted by Crippen LogP contribution is 2.04. The third-order valence-electron chi connectivity index (χ3n) is 2.79. The number of rotatable bonds is 7. The number of Topliss-reactive ketones (excluding diaryl/α,β-unsaturated/α-hetero) is 1. The Morgan fingerprint density at radius 3 is 2.65 bits per heavy atom. The number of pyridine rings is 1. The average Bonchev–Trinajstić information content (AvgIpc) is 2.50. The van der Waals surface area contributed by atoms with Gasteiger partial charge in [-0.25, -0.2) is 4.79 Å². The number of nitrogens with one attached hydrogen (secondary N) is 1. The number of carbonyl (C=O) groups excluding carboxylic acids is 3. The van der Waals surface area contributed by atoms with E-state index in [1.807, 2.05) is 0 Å². The number of hydrogen-bond donors (Lipinski definition) is 1. The van der Waals surface area contributed by atoms with Crippen molar-refractivity contribution in [3.63, 3.8) is 0 Å². The standard InChI is InChI=1S/C14H18N2O4/c1-3-10(17)7-8-12(14(19)20-2)16-13(18)11-6-4-5-9-15-11/h4-6,9,12H,3,7-8H2,1-2H3,(H,16,18)/t12-/m0/s1. The van der Waals surface area contributed by atoms with Gasteiger partial charge in [0.05, 0.1) is 7.11 Å². The minimum absolute atomic E-state index is 0.0333. The first-order chi connectivity index (χ1) is 9.58. The summed E-state index contributed by atoms with van der Waals surface area (Å²) in [6.45, 7) is 1.75. The second-order valence-corrected chi connectivity index (χ2v) is 4.20. The number of ketones is 1. The number of amides is 1. The van der Waals surface area contributed by atoms with Crippen LogP contribution in [0.1, 0.15) is 36.7 Å². The van der Waals surface area contributed by atoms with E-state index in [4.69, 9.17) is 0 Å². The fourth-order valence-corrected chi connectivity index (χ4v) is 1.60. The van der Waals surface area contributed by atoms with Gasteiger partial charge in [0.15, 0.2) is 0 Å². The second kappa shape index (κ2) is 8.04. The first-order valence-electron chi connectivity index (χ1n) is 6.40. The second-order valence-electron chi connectivity index (χ2n) is 4.20. The largest absolute Gasteiger partial charge is 0.467 e. The van der Waals surface area contributed by atoms with Crippen molar-refractivity contribution in [2.75, 3.05) is 7.11 Å². The maximum atomic E-state index is 11.9. The fourth-order valence-electron chi connectivity index (χ4n) is 1.60. The molecular formula is C14H18N2O4. The summed E-state index contributed by atoms with van der Waals surface area (Å²) < 4.78 is 4.63. The van der Waals surface area contributed by atoms with Crippen molar-refractivity contribution in [3.05, 3.63) is 30.1 Å². The van der Waals surface area contributed by atoms with Crippen molar-refractivity contribution < 1.29 is 19.1 Å². The van der Waals surface area contributed by atoms with E-state index in [1.165, 1.54) is 13.3 Å². The van der Waals surface area contributed by atoms with Gasteiger partial charge in [-0.15, -0.1) is 0 Å². The topological polar surface area (TPSA) is 85.4 Å². The molecule has 1 aromatic rings. The van der Waals surface area contributed by atoms with E-state index in [0.717, 1.165) is 0 Å². The Morgan fingerprint density at radius 2 is 2.10 bits per heavy atom. The predicted molar refractivity (Wildman–Crippen MR) is 72.0 cm³/mol. The third-order valence-corrected chi connectivity index (χ3v) is 2.79. The number of esters is 1. The zero-order chi connectivity index (χ0) is 15.0. The molecule has 0 aliphatic heterocycles. The number of ether oxygens (including phenoxy) is 1. The van der Waals surface area contributed by atoms with Crippen molar-refractivity contribution in [2.24, 2.45) is 0 Å². The van der Waals surface area contributed by atoms with Crippen LogP contribution in [0, 0.1) is 0 Å². The molecule has 0 unspecified atom stereocenters. The first-order valence-corrected chi connectivity index (χ1v) is 6.40.